The van der Waals surface area contributed by atoms with Crippen LogP contribution >= 0.6 is 0 Å². The van der Waals surface area contributed by atoms with E-state index in [0.29, 0.717) is 31.3 Å². The number of amides is 2. The lowest BCUT2D eigenvalue weighted by atomic mass is 9.69. The molecule has 2 N–H and O–H groups in total. The second kappa shape index (κ2) is 11.0. The summed E-state index contributed by atoms with van der Waals surface area (Å²) in [6.45, 7) is 7.67. The first kappa shape index (κ1) is 22.1. The van der Waals surface area contributed by atoms with Gasteiger partial charge in [-0.3, -0.25) is 14.6 Å². The molecule has 0 saturated heterocycles. The number of hydrogen-bond donors (Lipinski definition) is 2. The molecule has 0 spiro atoms. The second-order valence-corrected chi connectivity index (χ2v) is 7.95. The smallest absolute Gasteiger partial charge is 0.246 e. The van der Waals surface area contributed by atoms with Gasteiger partial charge in [-0.1, -0.05) is 31.6 Å². The molecular weight excluding hydrogens is 354 g/mol. The molecule has 3 atom stereocenters. The summed E-state index contributed by atoms with van der Waals surface area (Å²) in [6, 6.07) is 5.69. The highest BCUT2D eigenvalue weighted by Crippen LogP contribution is 2.38. The highest BCUT2D eigenvalue weighted by molar-refractivity contribution is 5.77. The molecular formula is C22H33N3O3. The monoisotopic (exact) mass is 387 g/mol. The van der Waals surface area contributed by atoms with E-state index in [1.807, 2.05) is 18.2 Å². The number of methoxy groups -OCH3 is 1. The molecule has 0 aliphatic heterocycles. The van der Waals surface area contributed by atoms with Crippen molar-refractivity contribution in [3.8, 4) is 0 Å². The van der Waals surface area contributed by atoms with Gasteiger partial charge >= 0.3 is 0 Å². The number of allylic oxidation sites excluding steroid dienone is 1. The van der Waals surface area contributed by atoms with E-state index in [1.54, 1.807) is 6.20 Å². The maximum Gasteiger partial charge on any atom is 0.246 e. The van der Waals surface area contributed by atoms with Crippen LogP contribution in [-0.4, -0.2) is 37.1 Å². The lowest BCUT2D eigenvalue weighted by Crippen LogP contribution is -2.38. The van der Waals surface area contributed by atoms with E-state index in [0.717, 1.165) is 12.1 Å². The summed E-state index contributed by atoms with van der Waals surface area (Å²) in [6.07, 6.45) is 5.43. The van der Waals surface area contributed by atoms with Crippen molar-refractivity contribution in [3.05, 3.63) is 41.7 Å². The number of aromatic nitrogens is 1. The quantitative estimate of drug-likeness (QED) is 0.639. The van der Waals surface area contributed by atoms with E-state index < -0.39 is 0 Å². The minimum atomic E-state index is -0.0907. The van der Waals surface area contributed by atoms with Gasteiger partial charge in [0.05, 0.1) is 12.2 Å². The molecule has 0 aromatic carbocycles. The molecule has 0 bridgehead atoms. The largest absolute Gasteiger partial charge is 0.375 e. The number of ether oxygens (including phenoxy) is 1. The van der Waals surface area contributed by atoms with Crippen molar-refractivity contribution in [2.45, 2.75) is 40.2 Å². The average Bonchev–Trinajstić information content (AvgIpc) is 2.67. The van der Waals surface area contributed by atoms with Gasteiger partial charge in [0.2, 0.25) is 11.8 Å². The third-order valence-corrected chi connectivity index (χ3v) is 5.52. The Labute approximate surface area is 168 Å². The number of carbonyl (C=O) groups excluding carboxylic acids is 2. The van der Waals surface area contributed by atoms with Gasteiger partial charge in [0.25, 0.3) is 0 Å². The molecule has 154 valence electrons. The fourth-order valence-electron chi connectivity index (χ4n) is 3.91. The zero-order valence-electron chi connectivity index (χ0n) is 17.4. The SMILES string of the molecule is COCC(=O)NC[C@@H]1C=C(C)[C@H](CC(=O)NCc2ccccn2)C[C@H]1C(C)C. The third-order valence-electron chi connectivity index (χ3n) is 5.52. The van der Waals surface area contributed by atoms with Gasteiger partial charge in [0.15, 0.2) is 0 Å². The average molecular weight is 388 g/mol. The van der Waals surface area contributed by atoms with Crippen molar-refractivity contribution in [3.63, 3.8) is 0 Å². The molecule has 1 aliphatic rings. The molecule has 1 aromatic rings. The van der Waals surface area contributed by atoms with Crippen molar-refractivity contribution in [1.82, 2.24) is 15.6 Å². The van der Waals surface area contributed by atoms with E-state index in [4.69, 9.17) is 4.74 Å². The fraction of sp³-hybridized carbons (Fsp3) is 0.591. The molecule has 1 heterocycles. The van der Waals surface area contributed by atoms with Crippen molar-refractivity contribution in [2.24, 2.45) is 23.7 Å². The Morgan fingerprint density at radius 1 is 1.25 bits per heavy atom. The normalized spacial score (nSPS) is 21.9. The second-order valence-electron chi connectivity index (χ2n) is 7.95. The summed E-state index contributed by atoms with van der Waals surface area (Å²) >= 11 is 0. The number of nitrogens with zero attached hydrogens (tertiary/aromatic N) is 1. The van der Waals surface area contributed by atoms with Crippen LogP contribution in [0.5, 0.6) is 0 Å². The highest BCUT2D eigenvalue weighted by atomic mass is 16.5. The molecule has 6 heteroatoms. The van der Waals surface area contributed by atoms with Crippen LogP contribution in [0.4, 0.5) is 0 Å². The first-order chi connectivity index (χ1) is 13.4. The Morgan fingerprint density at radius 3 is 2.68 bits per heavy atom. The molecule has 0 unspecified atom stereocenters. The number of carbonyl (C=O) groups is 2. The van der Waals surface area contributed by atoms with Crippen LogP contribution < -0.4 is 10.6 Å². The standard InChI is InChI=1S/C22H33N3O3/c1-15(2)20-10-17(11-21(26)25-13-19-7-5-6-8-23-19)16(3)9-18(20)12-24-22(27)14-28-4/h5-9,15,17-18,20H,10-14H2,1-4H3,(H,24,27)(H,25,26)/t17-,18-,20-/m0/s1. The van der Waals surface area contributed by atoms with E-state index in [-0.39, 0.29) is 30.3 Å². The third kappa shape index (κ3) is 6.75. The molecule has 1 aliphatic carbocycles. The van der Waals surface area contributed by atoms with E-state index in [2.05, 4.69) is 42.5 Å². The summed E-state index contributed by atoms with van der Waals surface area (Å²) in [5.74, 6) is 1.40. The number of pyridine rings is 1. The zero-order chi connectivity index (χ0) is 20.5. The van der Waals surface area contributed by atoms with Crippen molar-refractivity contribution >= 4 is 11.8 Å². The van der Waals surface area contributed by atoms with E-state index in [1.165, 1.54) is 12.7 Å². The Hall–Kier alpha value is -2.21. The maximum atomic E-state index is 12.4. The first-order valence-electron chi connectivity index (χ1n) is 10.0. The van der Waals surface area contributed by atoms with Crippen LogP contribution in [0.3, 0.4) is 0 Å². The van der Waals surface area contributed by atoms with Crippen LogP contribution in [0.25, 0.3) is 0 Å². The lowest BCUT2D eigenvalue weighted by molar-refractivity contribution is -0.125. The van der Waals surface area contributed by atoms with Gasteiger partial charge in [0, 0.05) is 26.3 Å². The van der Waals surface area contributed by atoms with Crippen molar-refractivity contribution < 1.29 is 14.3 Å². The minimum Gasteiger partial charge on any atom is -0.375 e. The molecule has 1 aromatic heterocycles. The first-order valence-corrected chi connectivity index (χ1v) is 10.0. The van der Waals surface area contributed by atoms with E-state index in [9.17, 15) is 9.59 Å². The Balaban J connectivity index is 1.93. The Bertz CT molecular complexity index is 673. The van der Waals surface area contributed by atoms with Gasteiger partial charge in [-0.05, 0) is 49.1 Å². The minimum absolute atomic E-state index is 0.0535. The summed E-state index contributed by atoms with van der Waals surface area (Å²) < 4.78 is 4.88. The lowest BCUT2D eigenvalue weighted by Gasteiger charge is -2.37. The molecule has 0 fully saturated rings. The van der Waals surface area contributed by atoms with Crippen LogP contribution in [0, 0.1) is 23.7 Å². The van der Waals surface area contributed by atoms with Gasteiger partial charge in [0.1, 0.15) is 6.61 Å². The summed E-state index contributed by atoms with van der Waals surface area (Å²) in [7, 11) is 1.52. The fourth-order valence-corrected chi connectivity index (χ4v) is 3.91. The summed E-state index contributed by atoms with van der Waals surface area (Å²) in [4.78, 5) is 28.4. The molecule has 2 rings (SSSR count). The Kier molecular flexibility index (Phi) is 8.64. The van der Waals surface area contributed by atoms with Crippen LogP contribution in [-0.2, 0) is 20.9 Å². The van der Waals surface area contributed by atoms with E-state index >= 15 is 0 Å². The van der Waals surface area contributed by atoms with Gasteiger partial charge < -0.3 is 15.4 Å². The van der Waals surface area contributed by atoms with Crippen LogP contribution in [0.2, 0.25) is 0 Å². The summed E-state index contributed by atoms with van der Waals surface area (Å²) in [5, 5.41) is 5.93. The van der Waals surface area contributed by atoms with Crippen LogP contribution in [0.1, 0.15) is 39.3 Å². The molecule has 28 heavy (non-hydrogen) atoms. The predicted molar refractivity (Wildman–Crippen MR) is 109 cm³/mol. The molecule has 0 radical (unpaired) electrons. The number of nitrogens with one attached hydrogen (secondary N) is 2. The highest BCUT2D eigenvalue weighted by Gasteiger charge is 2.32. The molecule has 2 amide bonds. The zero-order valence-corrected chi connectivity index (χ0v) is 17.4. The predicted octanol–water partition coefficient (Wildman–Crippen LogP) is 2.71. The van der Waals surface area contributed by atoms with Crippen LogP contribution in [0.15, 0.2) is 36.0 Å². The molecule has 6 nitrogen and oxygen atoms in total. The summed E-state index contributed by atoms with van der Waals surface area (Å²) in [5.41, 5.74) is 2.09. The van der Waals surface area contributed by atoms with Crippen molar-refractivity contribution in [2.75, 3.05) is 20.3 Å². The van der Waals surface area contributed by atoms with Gasteiger partial charge in [-0.15, -0.1) is 0 Å². The number of rotatable bonds is 9. The number of hydrogen-bond acceptors (Lipinski definition) is 4. The van der Waals surface area contributed by atoms with Crippen molar-refractivity contribution in [1.29, 1.82) is 0 Å². The Morgan fingerprint density at radius 2 is 2.04 bits per heavy atom. The molecule has 0 saturated carbocycles. The maximum absolute atomic E-state index is 12.4. The van der Waals surface area contributed by atoms with Gasteiger partial charge in [-0.2, -0.15) is 0 Å². The van der Waals surface area contributed by atoms with Gasteiger partial charge in [-0.25, -0.2) is 0 Å². The topological polar surface area (TPSA) is 80.3 Å².